The number of rotatable bonds is 8. The van der Waals surface area contributed by atoms with E-state index in [1.165, 1.54) is 22.8 Å². The number of hydrogen-bond acceptors (Lipinski definition) is 7. The molecule has 33 heavy (non-hydrogen) atoms. The van der Waals surface area contributed by atoms with Crippen LogP contribution in [-0.2, 0) is 11.3 Å². The van der Waals surface area contributed by atoms with Gasteiger partial charge in [-0.05, 0) is 55.3 Å². The monoisotopic (exact) mass is 448 g/mol. The van der Waals surface area contributed by atoms with Crippen molar-refractivity contribution in [2.24, 2.45) is 0 Å². The Morgan fingerprint density at radius 3 is 2.82 bits per heavy atom. The van der Waals surface area contributed by atoms with Crippen LogP contribution in [0.5, 0.6) is 11.5 Å². The summed E-state index contributed by atoms with van der Waals surface area (Å²) in [5, 5.41) is 13.7. The van der Waals surface area contributed by atoms with Crippen LogP contribution in [0, 0.1) is 17.0 Å². The van der Waals surface area contributed by atoms with Crippen LogP contribution < -0.4 is 15.8 Å². The molecule has 0 aliphatic carbocycles. The normalized spacial score (nSPS) is 10.8. The second-order valence-electron chi connectivity index (χ2n) is 7.35. The molecule has 0 saturated carbocycles. The molecule has 168 valence electrons. The van der Waals surface area contributed by atoms with E-state index in [2.05, 4.69) is 10.3 Å². The molecule has 0 saturated heterocycles. The van der Waals surface area contributed by atoms with Gasteiger partial charge in [-0.25, -0.2) is 4.79 Å². The molecule has 4 aromatic rings. The maximum atomic E-state index is 12.4. The van der Waals surface area contributed by atoms with E-state index in [0.29, 0.717) is 29.1 Å². The van der Waals surface area contributed by atoms with Crippen LogP contribution in [-0.4, -0.2) is 20.4 Å². The predicted molar refractivity (Wildman–Crippen MR) is 120 cm³/mol. The van der Waals surface area contributed by atoms with Gasteiger partial charge in [0, 0.05) is 30.9 Å². The van der Waals surface area contributed by atoms with Crippen molar-refractivity contribution in [3.05, 3.63) is 87.2 Å². The van der Waals surface area contributed by atoms with Crippen molar-refractivity contribution in [3.63, 3.8) is 0 Å². The summed E-state index contributed by atoms with van der Waals surface area (Å²) in [6.07, 6.45) is 3.85. The first-order valence-corrected chi connectivity index (χ1v) is 10.2. The standard InChI is InChI=1S/C23H20N4O6/c1-15-12-16(6-9-20(15)32-18-4-2-10-24-14-18)25-22(28)5-3-11-26-19-8-7-17(27(30)31)13-21(19)33-23(26)29/h2,4,6-10,12-14H,3,5,11H2,1H3,(H,25,28). The van der Waals surface area contributed by atoms with Crippen LogP contribution in [0.3, 0.4) is 0 Å². The van der Waals surface area contributed by atoms with Gasteiger partial charge in [0.05, 0.1) is 22.7 Å². The van der Waals surface area contributed by atoms with Gasteiger partial charge >= 0.3 is 5.76 Å². The summed E-state index contributed by atoms with van der Waals surface area (Å²) in [5.41, 5.74) is 1.92. The largest absolute Gasteiger partial charge is 0.455 e. The van der Waals surface area contributed by atoms with Gasteiger partial charge in [-0.1, -0.05) is 0 Å². The highest BCUT2D eigenvalue weighted by Crippen LogP contribution is 2.27. The van der Waals surface area contributed by atoms with Crippen LogP contribution in [0.15, 0.2) is 70.1 Å². The molecule has 10 heteroatoms. The maximum Gasteiger partial charge on any atom is 0.419 e. The summed E-state index contributed by atoms with van der Waals surface area (Å²) in [4.78, 5) is 38.8. The highest BCUT2D eigenvalue weighted by Gasteiger charge is 2.14. The Hall–Kier alpha value is -4.47. The Balaban J connectivity index is 1.34. The van der Waals surface area contributed by atoms with Crippen LogP contribution in [0.2, 0.25) is 0 Å². The fourth-order valence-electron chi connectivity index (χ4n) is 3.38. The average Bonchev–Trinajstić information content (AvgIpc) is 3.10. The second kappa shape index (κ2) is 9.35. The third kappa shape index (κ3) is 5.06. The molecule has 2 heterocycles. The van der Waals surface area contributed by atoms with E-state index in [9.17, 15) is 19.7 Å². The number of nitro groups is 1. The first-order valence-electron chi connectivity index (χ1n) is 10.2. The number of ether oxygens (including phenoxy) is 1. The molecular formula is C23H20N4O6. The topological polar surface area (TPSA) is 130 Å². The number of oxazole rings is 1. The van der Waals surface area contributed by atoms with Gasteiger partial charge in [0.2, 0.25) is 5.91 Å². The highest BCUT2D eigenvalue weighted by atomic mass is 16.6. The first kappa shape index (κ1) is 21.8. The number of hydrogen-bond donors (Lipinski definition) is 1. The second-order valence-corrected chi connectivity index (χ2v) is 7.35. The lowest BCUT2D eigenvalue weighted by Gasteiger charge is -2.11. The number of amides is 1. The summed E-state index contributed by atoms with van der Waals surface area (Å²) in [6.45, 7) is 2.12. The number of nitro benzene ring substituents is 1. The Labute approximate surface area is 187 Å². The van der Waals surface area contributed by atoms with Crippen LogP contribution >= 0.6 is 0 Å². The van der Waals surface area contributed by atoms with Crippen LogP contribution in [0.4, 0.5) is 11.4 Å². The van der Waals surface area contributed by atoms with E-state index < -0.39 is 10.7 Å². The van der Waals surface area contributed by atoms with Crippen molar-refractivity contribution >= 4 is 28.4 Å². The van der Waals surface area contributed by atoms with Gasteiger partial charge in [-0.15, -0.1) is 0 Å². The molecule has 0 bridgehead atoms. The number of pyridine rings is 1. The minimum absolute atomic E-state index is 0.141. The zero-order valence-corrected chi connectivity index (χ0v) is 17.7. The summed E-state index contributed by atoms with van der Waals surface area (Å²) < 4.78 is 12.2. The minimum Gasteiger partial charge on any atom is -0.455 e. The summed E-state index contributed by atoms with van der Waals surface area (Å²) in [5.74, 6) is 0.457. The SMILES string of the molecule is Cc1cc(NC(=O)CCCn2c(=O)oc3cc([N+](=O)[O-])ccc32)ccc1Oc1cccnc1. The van der Waals surface area contributed by atoms with E-state index in [-0.39, 0.29) is 30.1 Å². The molecule has 2 aromatic heterocycles. The molecule has 1 N–H and O–H groups in total. The van der Waals surface area contributed by atoms with Crippen molar-refractivity contribution in [1.82, 2.24) is 9.55 Å². The van der Waals surface area contributed by atoms with Crippen LogP contribution in [0.25, 0.3) is 11.1 Å². The molecular weight excluding hydrogens is 428 g/mol. The molecule has 0 unspecified atom stereocenters. The molecule has 1 amide bonds. The summed E-state index contributed by atoms with van der Waals surface area (Å²) >= 11 is 0. The number of aryl methyl sites for hydroxylation is 2. The fourth-order valence-corrected chi connectivity index (χ4v) is 3.38. The summed E-state index contributed by atoms with van der Waals surface area (Å²) in [6, 6.07) is 12.9. The van der Waals surface area contributed by atoms with Crippen molar-refractivity contribution in [2.45, 2.75) is 26.3 Å². The van der Waals surface area contributed by atoms with Crippen molar-refractivity contribution in [2.75, 3.05) is 5.32 Å². The number of nitrogens with one attached hydrogen (secondary N) is 1. The molecule has 0 aliphatic heterocycles. The van der Waals surface area contributed by atoms with Crippen molar-refractivity contribution in [1.29, 1.82) is 0 Å². The van der Waals surface area contributed by atoms with E-state index in [4.69, 9.17) is 9.15 Å². The molecule has 0 aliphatic rings. The zero-order chi connectivity index (χ0) is 23.4. The Morgan fingerprint density at radius 2 is 2.09 bits per heavy atom. The van der Waals surface area contributed by atoms with Crippen molar-refractivity contribution in [3.8, 4) is 11.5 Å². The number of carbonyl (C=O) groups is 1. The Bertz CT molecular complexity index is 1380. The van der Waals surface area contributed by atoms with Gasteiger partial charge in [0.25, 0.3) is 5.69 Å². The number of carbonyl (C=O) groups excluding carboxylic acids is 1. The van der Waals surface area contributed by atoms with Gasteiger partial charge in [0.15, 0.2) is 5.58 Å². The smallest absolute Gasteiger partial charge is 0.419 e. The van der Waals surface area contributed by atoms with E-state index in [1.54, 1.807) is 36.7 Å². The number of nitrogens with zero attached hydrogens (tertiary/aromatic N) is 3. The lowest BCUT2D eigenvalue weighted by molar-refractivity contribution is -0.384. The third-order valence-corrected chi connectivity index (χ3v) is 4.97. The van der Waals surface area contributed by atoms with Crippen molar-refractivity contribution < 1.29 is 18.9 Å². The average molecular weight is 448 g/mol. The molecule has 4 rings (SSSR count). The number of anilines is 1. The number of non-ortho nitro benzene ring substituents is 1. The maximum absolute atomic E-state index is 12.4. The van der Waals surface area contributed by atoms with E-state index in [1.807, 2.05) is 13.0 Å². The van der Waals surface area contributed by atoms with Crippen LogP contribution in [0.1, 0.15) is 18.4 Å². The Morgan fingerprint density at radius 1 is 1.24 bits per heavy atom. The molecule has 0 fully saturated rings. The van der Waals surface area contributed by atoms with Gasteiger partial charge in [-0.2, -0.15) is 0 Å². The van der Waals surface area contributed by atoms with E-state index in [0.717, 1.165) is 5.56 Å². The van der Waals surface area contributed by atoms with E-state index >= 15 is 0 Å². The summed E-state index contributed by atoms with van der Waals surface area (Å²) in [7, 11) is 0. The molecule has 0 radical (unpaired) electrons. The molecule has 0 atom stereocenters. The zero-order valence-electron chi connectivity index (χ0n) is 17.7. The predicted octanol–water partition coefficient (Wildman–Crippen LogP) is 4.42. The minimum atomic E-state index is -0.620. The Kier molecular flexibility index (Phi) is 6.16. The number of aromatic nitrogens is 2. The third-order valence-electron chi connectivity index (χ3n) is 4.97. The van der Waals surface area contributed by atoms with Gasteiger partial charge in [0.1, 0.15) is 11.5 Å². The lowest BCUT2D eigenvalue weighted by Crippen LogP contribution is -2.17. The highest BCUT2D eigenvalue weighted by molar-refractivity contribution is 5.90. The lowest BCUT2D eigenvalue weighted by atomic mass is 10.2. The quantitative estimate of drug-likeness (QED) is 0.312. The fraction of sp³-hybridized carbons (Fsp3) is 0.174. The number of benzene rings is 2. The van der Waals surface area contributed by atoms with Gasteiger partial charge < -0.3 is 14.5 Å². The molecule has 0 spiro atoms. The van der Waals surface area contributed by atoms with Gasteiger partial charge in [-0.3, -0.25) is 24.5 Å². The molecule has 2 aromatic carbocycles. The first-order chi connectivity index (χ1) is 15.9. The number of fused-ring (bicyclic) bond motifs is 1. The molecule has 10 nitrogen and oxygen atoms in total.